The van der Waals surface area contributed by atoms with Gasteiger partial charge in [0.05, 0.1) is 0 Å². The van der Waals surface area contributed by atoms with Gasteiger partial charge in [-0.3, -0.25) is 0 Å². The Balaban J connectivity index is 2.42. The van der Waals surface area contributed by atoms with E-state index >= 15 is 0 Å². The molecule has 0 unspecified atom stereocenters. The number of aromatic nitrogens is 2. The van der Waals surface area contributed by atoms with Gasteiger partial charge in [-0.05, 0) is 6.42 Å². The molecule has 0 fully saturated rings. The summed E-state index contributed by atoms with van der Waals surface area (Å²) < 4.78 is 0. The summed E-state index contributed by atoms with van der Waals surface area (Å²) in [6, 6.07) is 11.7. The summed E-state index contributed by atoms with van der Waals surface area (Å²) in [5.41, 5.74) is 3.57. The minimum absolute atomic E-state index is 0.617. The zero-order chi connectivity index (χ0) is 13.7. The van der Waals surface area contributed by atoms with Crippen LogP contribution in [0.15, 0.2) is 36.4 Å². The normalized spacial score (nSPS) is 10.3. The first kappa shape index (κ1) is 13.3. The van der Waals surface area contributed by atoms with Crippen LogP contribution in [0.2, 0.25) is 0 Å². The topological polar surface area (TPSA) is 67.1 Å². The molecule has 3 N–H and O–H groups in total. The number of anilines is 2. The van der Waals surface area contributed by atoms with Crippen LogP contribution >= 0.6 is 0 Å². The SMILES string of the molecule is CCCN(C)c1cc(NN)nc(-c2ccccc2)n1. The average molecular weight is 257 g/mol. The van der Waals surface area contributed by atoms with Crippen LogP contribution in [0.1, 0.15) is 13.3 Å². The number of hydrazine groups is 1. The molecular formula is C14H19N5. The van der Waals surface area contributed by atoms with Gasteiger partial charge in [0.15, 0.2) is 5.82 Å². The molecular weight excluding hydrogens is 238 g/mol. The van der Waals surface area contributed by atoms with Crippen LogP contribution in [0.25, 0.3) is 11.4 Å². The summed E-state index contributed by atoms with van der Waals surface area (Å²) in [5, 5.41) is 0. The summed E-state index contributed by atoms with van der Waals surface area (Å²) in [6.07, 6.45) is 1.06. The molecule has 0 atom stereocenters. The summed E-state index contributed by atoms with van der Waals surface area (Å²) in [4.78, 5) is 11.1. The molecule has 0 amide bonds. The van der Waals surface area contributed by atoms with Crippen LogP contribution in [-0.2, 0) is 0 Å². The Kier molecular flexibility index (Phi) is 4.30. The summed E-state index contributed by atoms with van der Waals surface area (Å²) >= 11 is 0. The molecule has 0 spiro atoms. The quantitative estimate of drug-likeness (QED) is 0.635. The van der Waals surface area contributed by atoms with Crippen molar-refractivity contribution in [2.45, 2.75) is 13.3 Å². The van der Waals surface area contributed by atoms with E-state index in [4.69, 9.17) is 5.84 Å². The molecule has 0 saturated carbocycles. The van der Waals surface area contributed by atoms with Crippen LogP contribution in [0, 0.1) is 0 Å². The van der Waals surface area contributed by atoms with Gasteiger partial charge in [0.1, 0.15) is 11.6 Å². The average Bonchev–Trinajstić information content (AvgIpc) is 2.48. The van der Waals surface area contributed by atoms with E-state index in [0.29, 0.717) is 11.6 Å². The van der Waals surface area contributed by atoms with Crippen LogP contribution in [0.5, 0.6) is 0 Å². The van der Waals surface area contributed by atoms with Crippen molar-refractivity contribution < 1.29 is 0 Å². The molecule has 2 rings (SSSR count). The first-order valence-electron chi connectivity index (χ1n) is 6.37. The number of benzene rings is 1. The Morgan fingerprint density at radius 2 is 1.95 bits per heavy atom. The molecule has 0 aliphatic carbocycles. The Morgan fingerprint density at radius 1 is 1.21 bits per heavy atom. The Morgan fingerprint density at radius 3 is 2.58 bits per heavy atom. The highest BCUT2D eigenvalue weighted by Gasteiger charge is 2.09. The first-order chi connectivity index (χ1) is 9.24. The first-order valence-corrected chi connectivity index (χ1v) is 6.37. The fraction of sp³-hybridized carbons (Fsp3) is 0.286. The molecule has 1 aromatic carbocycles. The molecule has 0 aliphatic heterocycles. The minimum Gasteiger partial charge on any atom is -0.360 e. The van der Waals surface area contributed by atoms with Gasteiger partial charge in [0.25, 0.3) is 0 Å². The molecule has 19 heavy (non-hydrogen) atoms. The van der Waals surface area contributed by atoms with E-state index in [0.717, 1.165) is 24.3 Å². The maximum absolute atomic E-state index is 5.48. The Hall–Kier alpha value is -2.14. The van der Waals surface area contributed by atoms with E-state index in [1.165, 1.54) is 0 Å². The second kappa shape index (κ2) is 6.15. The van der Waals surface area contributed by atoms with E-state index < -0.39 is 0 Å². The molecule has 0 radical (unpaired) electrons. The molecule has 0 aliphatic rings. The summed E-state index contributed by atoms with van der Waals surface area (Å²) in [5.74, 6) is 7.64. The molecule has 100 valence electrons. The van der Waals surface area contributed by atoms with Crippen LogP contribution in [-0.4, -0.2) is 23.6 Å². The highest BCUT2D eigenvalue weighted by molar-refractivity contribution is 5.61. The molecule has 5 nitrogen and oxygen atoms in total. The fourth-order valence-corrected chi connectivity index (χ4v) is 1.87. The van der Waals surface area contributed by atoms with E-state index in [1.807, 2.05) is 43.4 Å². The molecule has 0 saturated heterocycles. The summed E-state index contributed by atoms with van der Waals surface area (Å²) in [6.45, 7) is 3.08. The van der Waals surface area contributed by atoms with Crippen molar-refractivity contribution >= 4 is 11.6 Å². The van der Waals surface area contributed by atoms with Crippen molar-refractivity contribution in [3.63, 3.8) is 0 Å². The van der Waals surface area contributed by atoms with Crippen molar-refractivity contribution in [1.29, 1.82) is 0 Å². The lowest BCUT2D eigenvalue weighted by molar-refractivity contribution is 0.835. The van der Waals surface area contributed by atoms with Gasteiger partial charge >= 0.3 is 0 Å². The van der Waals surface area contributed by atoms with Gasteiger partial charge in [0, 0.05) is 25.2 Å². The van der Waals surface area contributed by atoms with Gasteiger partial charge < -0.3 is 10.3 Å². The van der Waals surface area contributed by atoms with Crippen molar-refractivity contribution in [3.8, 4) is 11.4 Å². The third-order valence-corrected chi connectivity index (χ3v) is 2.84. The maximum Gasteiger partial charge on any atom is 0.163 e. The van der Waals surface area contributed by atoms with Crippen LogP contribution < -0.4 is 16.2 Å². The molecule has 1 aromatic heterocycles. The van der Waals surface area contributed by atoms with Crippen LogP contribution in [0.3, 0.4) is 0 Å². The van der Waals surface area contributed by atoms with Crippen molar-refractivity contribution in [1.82, 2.24) is 9.97 Å². The zero-order valence-electron chi connectivity index (χ0n) is 11.3. The monoisotopic (exact) mass is 257 g/mol. The van der Waals surface area contributed by atoms with E-state index in [2.05, 4.69) is 27.2 Å². The zero-order valence-corrected chi connectivity index (χ0v) is 11.3. The number of hydrogen-bond donors (Lipinski definition) is 2. The number of hydrogen-bond acceptors (Lipinski definition) is 5. The highest BCUT2D eigenvalue weighted by Crippen LogP contribution is 2.21. The molecule has 5 heteroatoms. The third kappa shape index (κ3) is 3.20. The van der Waals surface area contributed by atoms with Crippen molar-refractivity contribution in [2.24, 2.45) is 5.84 Å². The fourth-order valence-electron chi connectivity index (χ4n) is 1.87. The smallest absolute Gasteiger partial charge is 0.163 e. The van der Waals surface area contributed by atoms with Gasteiger partial charge in [-0.25, -0.2) is 15.8 Å². The Bertz CT molecular complexity index is 527. The van der Waals surface area contributed by atoms with Gasteiger partial charge in [-0.1, -0.05) is 37.3 Å². The summed E-state index contributed by atoms with van der Waals surface area (Å²) in [7, 11) is 2.01. The second-order valence-electron chi connectivity index (χ2n) is 4.37. The van der Waals surface area contributed by atoms with Crippen molar-refractivity contribution in [2.75, 3.05) is 23.9 Å². The number of nitrogens with two attached hydrogens (primary N) is 1. The minimum atomic E-state index is 0.617. The molecule has 2 aromatic rings. The molecule has 1 heterocycles. The van der Waals surface area contributed by atoms with E-state index in [-0.39, 0.29) is 0 Å². The lowest BCUT2D eigenvalue weighted by Gasteiger charge is -2.18. The van der Waals surface area contributed by atoms with Gasteiger partial charge in [0.2, 0.25) is 0 Å². The van der Waals surface area contributed by atoms with Crippen molar-refractivity contribution in [3.05, 3.63) is 36.4 Å². The number of nitrogen functional groups attached to an aromatic ring is 1. The lowest BCUT2D eigenvalue weighted by atomic mass is 10.2. The molecule has 0 bridgehead atoms. The highest BCUT2D eigenvalue weighted by atomic mass is 15.3. The third-order valence-electron chi connectivity index (χ3n) is 2.84. The predicted octanol–water partition coefficient (Wildman–Crippen LogP) is 2.28. The number of nitrogens with zero attached hydrogens (tertiary/aromatic N) is 3. The standard InChI is InChI=1S/C14H19N5/c1-3-9-19(2)13-10-12(18-15)16-14(17-13)11-7-5-4-6-8-11/h4-8,10H,3,9,15H2,1-2H3,(H,16,17,18). The lowest BCUT2D eigenvalue weighted by Crippen LogP contribution is -2.20. The Labute approximate surface area is 113 Å². The predicted molar refractivity (Wildman–Crippen MR) is 78.8 cm³/mol. The van der Waals surface area contributed by atoms with Gasteiger partial charge in [-0.15, -0.1) is 0 Å². The van der Waals surface area contributed by atoms with E-state index in [9.17, 15) is 0 Å². The number of nitrogens with one attached hydrogen (secondary N) is 1. The number of rotatable bonds is 5. The second-order valence-corrected chi connectivity index (χ2v) is 4.37. The van der Waals surface area contributed by atoms with E-state index in [1.54, 1.807) is 0 Å². The van der Waals surface area contributed by atoms with Crippen LogP contribution in [0.4, 0.5) is 11.6 Å². The largest absolute Gasteiger partial charge is 0.360 e. The van der Waals surface area contributed by atoms with Gasteiger partial charge in [-0.2, -0.15) is 0 Å². The maximum atomic E-state index is 5.48.